The molecule has 0 aliphatic heterocycles. The van der Waals surface area contributed by atoms with Gasteiger partial charge in [-0.25, -0.2) is 17.5 Å². The van der Waals surface area contributed by atoms with Crippen molar-refractivity contribution in [3.8, 4) is 5.75 Å². The highest BCUT2D eigenvalue weighted by molar-refractivity contribution is 7.89. The first-order valence-electron chi connectivity index (χ1n) is 8.45. The van der Waals surface area contributed by atoms with Gasteiger partial charge in [0.25, 0.3) is 0 Å². The van der Waals surface area contributed by atoms with Gasteiger partial charge >= 0.3 is 0 Å². The van der Waals surface area contributed by atoms with Crippen molar-refractivity contribution in [2.75, 3.05) is 26.7 Å². The summed E-state index contributed by atoms with van der Waals surface area (Å²) in [6.07, 6.45) is 0.626. The lowest BCUT2D eigenvalue weighted by Crippen LogP contribution is -2.38. The molecule has 0 aliphatic carbocycles. The number of hydrogen-bond donors (Lipinski definition) is 1. The highest BCUT2D eigenvalue weighted by Gasteiger charge is 2.15. The Morgan fingerprint density at radius 3 is 2.48 bits per heavy atom. The predicted octanol–water partition coefficient (Wildman–Crippen LogP) is 2.20. The van der Waals surface area contributed by atoms with Gasteiger partial charge in [-0.1, -0.05) is 12.1 Å². The fourth-order valence-electron chi connectivity index (χ4n) is 2.53. The molecule has 0 fully saturated rings. The van der Waals surface area contributed by atoms with Crippen LogP contribution in [0.5, 0.6) is 5.75 Å². The number of hydrogen-bond acceptors (Lipinski definition) is 4. The molecule has 0 bridgehead atoms. The summed E-state index contributed by atoms with van der Waals surface area (Å²) in [6.45, 7) is 2.21. The number of nitrogens with zero attached hydrogens (tertiary/aromatic N) is 1. The molecule has 27 heavy (non-hydrogen) atoms. The molecule has 0 heterocycles. The molecule has 0 saturated heterocycles. The smallest absolute Gasteiger partial charge is 0.240 e. The molecule has 1 amide bonds. The summed E-state index contributed by atoms with van der Waals surface area (Å²) in [5.41, 5.74) is 1.02. The van der Waals surface area contributed by atoms with Crippen LogP contribution in [0, 0.1) is 5.82 Å². The number of ether oxygens (including phenoxy) is 1. The van der Waals surface area contributed by atoms with Crippen molar-refractivity contribution in [2.45, 2.75) is 18.2 Å². The van der Waals surface area contributed by atoms with Gasteiger partial charge in [-0.05, 0) is 48.4 Å². The average molecular weight is 394 g/mol. The molecule has 2 rings (SSSR count). The van der Waals surface area contributed by atoms with Crippen molar-refractivity contribution in [3.05, 3.63) is 59.9 Å². The minimum atomic E-state index is -3.75. The number of methoxy groups -OCH3 is 1. The third-order valence-electron chi connectivity index (χ3n) is 4.05. The van der Waals surface area contributed by atoms with E-state index in [1.54, 1.807) is 12.0 Å². The maximum atomic E-state index is 12.9. The number of sulfonamides is 1. The number of benzene rings is 2. The second-order valence-corrected chi connectivity index (χ2v) is 7.73. The largest absolute Gasteiger partial charge is 0.497 e. The standard InChI is InChI=1S/C19H23FN2O4S/c1-15(23)22(12-10-16-4-3-5-18(14-16)26-2)13-11-21-27(24,25)19-8-6-17(20)7-9-19/h3-9,14,21H,10-13H2,1-2H3. The third kappa shape index (κ3) is 6.33. The highest BCUT2D eigenvalue weighted by atomic mass is 32.2. The molecule has 146 valence electrons. The van der Waals surface area contributed by atoms with E-state index in [-0.39, 0.29) is 23.9 Å². The van der Waals surface area contributed by atoms with Crippen molar-refractivity contribution in [3.63, 3.8) is 0 Å². The first kappa shape index (κ1) is 20.9. The second kappa shape index (κ2) is 9.48. The van der Waals surface area contributed by atoms with E-state index < -0.39 is 15.8 Å². The molecule has 2 aromatic carbocycles. The fourth-order valence-corrected chi connectivity index (χ4v) is 3.55. The summed E-state index contributed by atoms with van der Waals surface area (Å²) in [5.74, 6) is 0.0991. The van der Waals surface area contributed by atoms with Crippen LogP contribution >= 0.6 is 0 Å². The van der Waals surface area contributed by atoms with Crippen LogP contribution in [0.25, 0.3) is 0 Å². The molecule has 0 aromatic heterocycles. The maximum absolute atomic E-state index is 12.9. The maximum Gasteiger partial charge on any atom is 0.240 e. The zero-order valence-corrected chi connectivity index (χ0v) is 16.1. The Bertz CT molecular complexity index is 870. The molecule has 6 nitrogen and oxygen atoms in total. The lowest BCUT2D eigenvalue weighted by molar-refractivity contribution is -0.128. The van der Waals surface area contributed by atoms with Gasteiger partial charge in [0.2, 0.25) is 15.9 Å². The number of carbonyl (C=O) groups is 1. The van der Waals surface area contributed by atoms with Gasteiger partial charge in [0.1, 0.15) is 11.6 Å². The first-order chi connectivity index (χ1) is 12.8. The lowest BCUT2D eigenvalue weighted by atomic mass is 10.1. The van der Waals surface area contributed by atoms with Crippen molar-refractivity contribution >= 4 is 15.9 Å². The highest BCUT2D eigenvalue weighted by Crippen LogP contribution is 2.13. The number of rotatable bonds is 9. The summed E-state index contributed by atoms with van der Waals surface area (Å²) in [5, 5.41) is 0. The Morgan fingerprint density at radius 1 is 1.15 bits per heavy atom. The van der Waals surface area contributed by atoms with Gasteiger partial charge in [0.15, 0.2) is 0 Å². The minimum absolute atomic E-state index is 0.0188. The number of carbonyl (C=O) groups excluding carboxylic acids is 1. The van der Waals surface area contributed by atoms with Gasteiger partial charge in [0.05, 0.1) is 12.0 Å². The van der Waals surface area contributed by atoms with Crippen LogP contribution in [0.15, 0.2) is 53.4 Å². The molecule has 0 aliphatic rings. The topological polar surface area (TPSA) is 75.7 Å². The number of halogens is 1. The Balaban J connectivity index is 1.90. The van der Waals surface area contributed by atoms with Crippen LogP contribution in [0.1, 0.15) is 12.5 Å². The van der Waals surface area contributed by atoms with E-state index in [9.17, 15) is 17.6 Å². The van der Waals surface area contributed by atoms with Crippen LogP contribution in [-0.2, 0) is 21.2 Å². The summed E-state index contributed by atoms with van der Waals surface area (Å²) < 4.78 is 44.9. The fraction of sp³-hybridized carbons (Fsp3) is 0.316. The van der Waals surface area contributed by atoms with Gasteiger partial charge in [-0.3, -0.25) is 4.79 Å². The molecule has 0 spiro atoms. The van der Waals surface area contributed by atoms with Gasteiger partial charge in [-0.2, -0.15) is 0 Å². The van der Waals surface area contributed by atoms with Crippen LogP contribution in [0.3, 0.4) is 0 Å². The lowest BCUT2D eigenvalue weighted by Gasteiger charge is -2.21. The Labute approximate surface area is 159 Å². The van der Waals surface area contributed by atoms with E-state index in [4.69, 9.17) is 4.74 Å². The molecular weight excluding hydrogens is 371 g/mol. The van der Waals surface area contributed by atoms with Crippen molar-refractivity contribution in [1.29, 1.82) is 0 Å². The van der Waals surface area contributed by atoms with Gasteiger partial charge in [0, 0.05) is 26.6 Å². The molecule has 0 atom stereocenters. The van der Waals surface area contributed by atoms with Crippen LogP contribution < -0.4 is 9.46 Å². The van der Waals surface area contributed by atoms with E-state index in [2.05, 4.69) is 4.72 Å². The zero-order valence-electron chi connectivity index (χ0n) is 15.3. The predicted molar refractivity (Wildman–Crippen MR) is 101 cm³/mol. The van der Waals surface area contributed by atoms with E-state index >= 15 is 0 Å². The SMILES string of the molecule is COc1cccc(CCN(CCNS(=O)(=O)c2ccc(F)cc2)C(C)=O)c1. The third-order valence-corrected chi connectivity index (χ3v) is 5.52. The summed E-state index contributed by atoms with van der Waals surface area (Å²) in [6, 6.07) is 12.1. The molecule has 8 heteroatoms. The molecular formula is C19H23FN2O4S. The molecule has 2 aromatic rings. The Kier molecular flexibility index (Phi) is 7.32. The van der Waals surface area contributed by atoms with Crippen molar-refractivity contribution in [1.82, 2.24) is 9.62 Å². The van der Waals surface area contributed by atoms with Gasteiger partial charge in [-0.15, -0.1) is 0 Å². The van der Waals surface area contributed by atoms with E-state index in [0.29, 0.717) is 13.0 Å². The molecule has 1 N–H and O–H groups in total. The molecule has 0 unspecified atom stereocenters. The summed E-state index contributed by atoms with van der Waals surface area (Å²) in [4.78, 5) is 13.4. The monoisotopic (exact) mass is 394 g/mol. The first-order valence-corrected chi connectivity index (χ1v) is 9.94. The quantitative estimate of drug-likeness (QED) is 0.708. The minimum Gasteiger partial charge on any atom is -0.497 e. The summed E-state index contributed by atoms with van der Waals surface area (Å²) >= 11 is 0. The molecule has 0 radical (unpaired) electrons. The van der Waals surface area contributed by atoms with Crippen LogP contribution in [0.4, 0.5) is 4.39 Å². The number of nitrogens with one attached hydrogen (secondary N) is 1. The van der Waals surface area contributed by atoms with E-state index in [1.807, 2.05) is 24.3 Å². The number of amides is 1. The van der Waals surface area contributed by atoms with Crippen molar-refractivity contribution in [2.24, 2.45) is 0 Å². The van der Waals surface area contributed by atoms with Crippen LogP contribution in [-0.4, -0.2) is 46.0 Å². The van der Waals surface area contributed by atoms with E-state index in [1.165, 1.54) is 19.1 Å². The average Bonchev–Trinajstić information content (AvgIpc) is 2.64. The summed E-state index contributed by atoms with van der Waals surface area (Å²) in [7, 11) is -2.15. The van der Waals surface area contributed by atoms with Gasteiger partial charge < -0.3 is 9.64 Å². The normalized spacial score (nSPS) is 11.2. The Hall–Kier alpha value is -2.45. The van der Waals surface area contributed by atoms with Crippen LogP contribution in [0.2, 0.25) is 0 Å². The zero-order chi connectivity index (χ0) is 19.9. The molecule has 0 saturated carbocycles. The Morgan fingerprint density at radius 2 is 1.85 bits per heavy atom. The second-order valence-electron chi connectivity index (χ2n) is 5.96. The van der Waals surface area contributed by atoms with Crippen molar-refractivity contribution < 1.29 is 22.3 Å². The van der Waals surface area contributed by atoms with E-state index in [0.717, 1.165) is 23.4 Å².